The van der Waals surface area contributed by atoms with E-state index in [1.54, 1.807) is 6.92 Å². The third-order valence-electron chi connectivity index (χ3n) is 3.39. The summed E-state index contributed by atoms with van der Waals surface area (Å²) in [6, 6.07) is 1.35. The van der Waals surface area contributed by atoms with Gasteiger partial charge in [-0.3, -0.25) is 4.79 Å². The molecular weight excluding hydrogens is 292 g/mol. The number of nitrogens with one attached hydrogen (secondary N) is 1. The summed E-state index contributed by atoms with van der Waals surface area (Å²) in [6.07, 6.45) is 0. The van der Waals surface area contributed by atoms with Crippen molar-refractivity contribution in [2.75, 3.05) is 5.32 Å². The van der Waals surface area contributed by atoms with E-state index in [4.69, 9.17) is 0 Å². The van der Waals surface area contributed by atoms with Crippen LogP contribution in [0.4, 0.5) is 10.8 Å². The number of rotatable bonds is 4. The third kappa shape index (κ3) is 3.10. The molecule has 112 valence electrons. The first-order chi connectivity index (χ1) is 9.79. The summed E-state index contributed by atoms with van der Waals surface area (Å²) < 4.78 is 1.33. The fraction of sp³-hybridized carbons (Fsp3) is 0.385. The van der Waals surface area contributed by atoms with E-state index in [0.717, 1.165) is 15.4 Å². The molecule has 0 radical (unpaired) electrons. The summed E-state index contributed by atoms with van der Waals surface area (Å²) in [4.78, 5) is 23.3. The Bertz CT molecular complexity index is 717. The van der Waals surface area contributed by atoms with Crippen LogP contribution < -0.4 is 5.32 Å². The lowest BCUT2D eigenvalue weighted by Gasteiger charge is -2.03. The van der Waals surface area contributed by atoms with Gasteiger partial charge in [0.15, 0.2) is 0 Å². The number of hydrogen-bond donors (Lipinski definition) is 1. The normalized spacial score (nSPS) is 10.7. The van der Waals surface area contributed by atoms with Gasteiger partial charge in [0.25, 0.3) is 0 Å². The van der Waals surface area contributed by atoms with Gasteiger partial charge >= 0.3 is 5.82 Å². The van der Waals surface area contributed by atoms with Gasteiger partial charge in [-0.15, -0.1) is 11.3 Å². The van der Waals surface area contributed by atoms with Crippen LogP contribution in [-0.4, -0.2) is 20.6 Å². The largest absolute Gasteiger partial charge is 0.390 e. The van der Waals surface area contributed by atoms with Crippen molar-refractivity contribution in [1.82, 2.24) is 9.78 Å². The van der Waals surface area contributed by atoms with Crippen LogP contribution in [0.25, 0.3) is 0 Å². The van der Waals surface area contributed by atoms with E-state index >= 15 is 0 Å². The van der Waals surface area contributed by atoms with Gasteiger partial charge in [-0.2, -0.15) is 4.68 Å². The molecule has 2 rings (SSSR count). The number of aromatic nitrogens is 2. The molecule has 0 aliphatic heterocycles. The minimum absolute atomic E-state index is 0.0465. The van der Waals surface area contributed by atoms with E-state index < -0.39 is 4.92 Å². The quantitative estimate of drug-likeness (QED) is 0.694. The van der Waals surface area contributed by atoms with Crippen LogP contribution in [0, 0.1) is 37.8 Å². The van der Waals surface area contributed by atoms with Crippen LogP contribution in [0.3, 0.4) is 0 Å². The van der Waals surface area contributed by atoms with Crippen LogP contribution in [0.2, 0.25) is 0 Å². The summed E-state index contributed by atoms with van der Waals surface area (Å²) in [5, 5.41) is 18.1. The Balaban J connectivity index is 2.11. The van der Waals surface area contributed by atoms with Crippen molar-refractivity contribution in [2.24, 2.45) is 0 Å². The molecule has 0 aromatic carbocycles. The van der Waals surface area contributed by atoms with Crippen LogP contribution in [-0.2, 0) is 11.3 Å². The molecule has 21 heavy (non-hydrogen) atoms. The highest BCUT2D eigenvalue weighted by Crippen LogP contribution is 2.31. The van der Waals surface area contributed by atoms with Gasteiger partial charge in [0, 0.05) is 4.88 Å². The summed E-state index contributed by atoms with van der Waals surface area (Å²) in [5.74, 6) is -0.500. The van der Waals surface area contributed by atoms with E-state index in [-0.39, 0.29) is 18.3 Å². The number of amides is 1. The van der Waals surface area contributed by atoms with Crippen molar-refractivity contribution >= 4 is 28.1 Å². The first-order valence-corrected chi connectivity index (χ1v) is 7.16. The molecule has 1 N–H and O–H groups in total. The SMILES string of the molecule is Cc1sc(NC(=O)Cn2nc([N+](=O)[O-])cc2C)c(C)c1C. The highest BCUT2D eigenvalue weighted by atomic mass is 32.1. The van der Waals surface area contributed by atoms with Crippen molar-refractivity contribution in [3.8, 4) is 0 Å². The highest BCUT2D eigenvalue weighted by Gasteiger charge is 2.18. The lowest BCUT2D eigenvalue weighted by atomic mass is 10.2. The molecule has 2 heterocycles. The summed E-state index contributed by atoms with van der Waals surface area (Å²) in [7, 11) is 0. The predicted octanol–water partition coefficient (Wildman–Crippen LogP) is 2.73. The molecule has 2 aromatic heterocycles. The Morgan fingerprint density at radius 2 is 2.05 bits per heavy atom. The maximum atomic E-state index is 12.1. The monoisotopic (exact) mass is 308 g/mol. The average molecular weight is 308 g/mol. The number of hydrogen-bond acceptors (Lipinski definition) is 5. The van der Waals surface area contributed by atoms with Gasteiger partial charge in [0.2, 0.25) is 5.91 Å². The first kappa shape index (κ1) is 15.2. The molecule has 0 unspecified atom stereocenters. The predicted molar refractivity (Wildman–Crippen MR) is 80.8 cm³/mol. The van der Waals surface area contributed by atoms with E-state index in [9.17, 15) is 14.9 Å². The maximum Gasteiger partial charge on any atom is 0.390 e. The van der Waals surface area contributed by atoms with E-state index in [2.05, 4.69) is 10.4 Å². The average Bonchev–Trinajstić information content (AvgIpc) is 2.87. The number of nitrogens with zero attached hydrogens (tertiary/aromatic N) is 3. The molecule has 0 aliphatic carbocycles. The highest BCUT2D eigenvalue weighted by molar-refractivity contribution is 7.16. The Labute approximate surface area is 125 Å². The van der Waals surface area contributed by atoms with Crippen LogP contribution in [0.1, 0.15) is 21.7 Å². The molecule has 0 fully saturated rings. The summed E-state index contributed by atoms with van der Waals surface area (Å²) >= 11 is 1.52. The number of carbonyl (C=O) groups is 1. The minimum atomic E-state index is -0.572. The second-order valence-electron chi connectivity index (χ2n) is 4.84. The molecule has 0 saturated carbocycles. The molecule has 1 amide bonds. The van der Waals surface area contributed by atoms with Crippen LogP contribution in [0.5, 0.6) is 0 Å². The number of anilines is 1. The standard InChI is InChI=1S/C13H16N4O3S/c1-7-5-11(17(19)20)15-16(7)6-12(18)14-13-9(3)8(2)10(4)21-13/h5H,6H2,1-4H3,(H,14,18). The van der Waals surface area contributed by atoms with Crippen molar-refractivity contribution in [1.29, 1.82) is 0 Å². The van der Waals surface area contributed by atoms with E-state index in [0.29, 0.717) is 5.69 Å². The van der Waals surface area contributed by atoms with Gasteiger partial charge in [0.05, 0.1) is 21.9 Å². The van der Waals surface area contributed by atoms with Crippen molar-refractivity contribution < 1.29 is 9.72 Å². The topological polar surface area (TPSA) is 90.1 Å². The molecule has 2 aromatic rings. The van der Waals surface area contributed by atoms with Crippen molar-refractivity contribution in [2.45, 2.75) is 34.2 Å². The second kappa shape index (κ2) is 5.65. The van der Waals surface area contributed by atoms with Crippen molar-refractivity contribution in [3.05, 3.63) is 37.9 Å². The van der Waals surface area contributed by atoms with Gasteiger partial charge < -0.3 is 15.4 Å². The number of nitro groups is 1. The zero-order valence-electron chi connectivity index (χ0n) is 12.3. The third-order valence-corrected chi connectivity index (χ3v) is 4.61. The lowest BCUT2D eigenvalue weighted by Crippen LogP contribution is -2.20. The zero-order chi connectivity index (χ0) is 15.7. The smallest absolute Gasteiger partial charge is 0.358 e. The first-order valence-electron chi connectivity index (χ1n) is 6.35. The Morgan fingerprint density at radius 1 is 1.38 bits per heavy atom. The fourth-order valence-corrected chi connectivity index (χ4v) is 2.99. The lowest BCUT2D eigenvalue weighted by molar-refractivity contribution is -0.389. The van der Waals surface area contributed by atoms with Gasteiger partial charge in [-0.1, -0.05) is 0 Å². The van der Waals surface area contributed by atoms with E-state index in [1.807, 2.05) is 20.8 Å². The van der Waals surface area contributed by atoms with Gasteiger partial charge in [-0.05, 0) is 43.7 Å². The molecule has 8 heteroatoms. The molecule has 0 aliphatic rings. The zero-order valence-corrected chi connectivity index (χ0v) is 13.1. The number of carbonyl (C=O) groups excluding carboxylic acids is 1. The Kier molecular flexibility index (Phi) is 4.08. The molecule has 0 bridgehead atoms. The van der Waals surface area contributed by atoms with Crippen LogP contribution in [0.15, 0.2) is 6.07 Å². The fourth-order valence-electron chi connectivity index (χ4n) is 1.90. The Hall–Kier alpha value is -2.22. The summed E-state index contributed by atoms with van der Waals surface area (Å²) in [5.41, 5.74) is 2.79. The minimum Gasteiger partial charge on any atom is -0.358 e. The molecule has 0 saturated heterocycles. The summed E-state index contributed by atoms with van der Waals surface area (Å²) in [6.45, 7) is 7.60. The maximum absolute atomic E-state index is 12.1. The van der Waals surface area contributed by atoms with E-state index in [1.165, 1.54) is 27.6 Å². The van der Waals surface area contributed by atoms with Gasteiger partial charge in [-0.25, -0.2) is 0 Å². The van der Waals surface area contributed by atoms with Gasteiger partial charge in [0.1, 0.15) is 6.54 Å². The second-order valence-corrected chi connectivity index (χ2v) is 6.07. The molecule has 0 spiro atoms. The Morgan fingerprint density at radius 3 is 2.52 bits per heavy atom. The molecule has 0 atom stereocenters. The number of thiophene rings is 1. The number of aryl methyl sites for hydroxylation is 2. The van der Waals surface area contributed by atoms with Crippen LogP contribution >= 0.6 is 11.3 Å². The van der Waals surface area contributed by atoms with Crippen molar-refractivity contribution in [3.63, 3.8) is 0 Å². The molecule has 7 nitrogen and oxygen atoms in total. The molecular formula is C13H16N4O3S.